The Morgan fingerprint density at radius 1 is 0.977 bits per heavy atom. The second kappa shape index (κ2) is 14.4. The highest BCUT2D eigenvalue weighted by molar-refractivity contribution is 6.40. The van der Waals surface area contributed by atoms with Crippen LogP contribution in [0.3, 0.4) is 0 Å². The SMILES string of the molecule is CC(=O)[C@@H](Cc1ccccc1)NC(=O)Nc1cccc(C2O[C@H](Cn3cnc(Cl)c3Cl)[C@H](C)[C@H](c3ccc(CO)cc3)O2)c1. The minimum atomic E-state index is -0.774. The maximum atomic E-state index is 12.9. The predicted octanol–water partition coefficient (Wildman–Crippen LogP) is 6.50. The molecule has 44 heavy (non-hydrogen) atoms. The molecule has 2 heterocycles. The van der Waals surface area contributed by atoms with E-state index in [4.69, 9.17) is 32.7 Å². The van der Waals surface area contributed by atoms with Crippen LogP contribution in [0.5, 0.6) is 0 Å². The van der Waals surface area contributed by atoms with Gasteiger partial charge >= 0.3 is 6.03 Å². The molecule has 5 rings (SSSR count). The summed E-state index contributed by atoms with van der Waals surface area (Å²) in [6, 6.07) is 23.2. The highest BCUT2D eigenvalue weighted by atomic mass is 35.5. The van der Waals surface area contributed by atoms with E-state index in [9.17, 15) is 14.7 Å². The van der Waals surface area contributed by atoms with Crippen LogP contribution in [-0.2, 0) is 33.8 Å². The molecule has 3 aromatic carbocycles. The first-order chi connectivity index (χ1) is 21.2. The van der Waals surface area contributed by atoms with Gasteiger partial charge in [-0.3, -0.25) is 4.79 Å². The number of hydrogen-bond acceptors (Lipinski definition) is 6. The van der Waals surface area contributed by atoms with Crippen LogP contribution in [-0.4, -0.2) is 38.6 Å². The van der Waals surface area contributed by atoms with Gasteiger partial charge in [0.1, 0.15) is 5.15 Å². The van der Waals surface area contributed by atoms with Crippen LogP contribution in [0.1, 0.15) is 48.5 Å². The third-order valence-electron chi connectivity index (χ3n) is 7.73. The number of carbonyl (C=O) groups is 2. The number of halogens is 2. The molecule has 9 nitrogen and oxygen atoms in total. The number of aromatic nitrogens is 2. The van der Waals surface area contributed by atoms with Crippen LogP contribution in [0.25, 0.3) is 0 Å². The summed E-state index contributed by atoms with van der Waals surface area (Å²) in [6.45, 7) is 3.84. The van der Waals surface area contributed by atoms with Gasteiger partial charge in [0.05, 0.1) is 37.7 Å². The molecule has 0 spiro atoms. The Hall–Kier alpha value is -3.73. The lowest BCUT2D eigenvalue weighted by Gasteiger charge is -2.41. The van der Waals surface area contributed by atoms with Gasteiger partial charge in [0.15, 0.2) is 17.2 Å². The summed E-state index contributed by atoms with van der Waals surface area (Å²) in [5.74, 6) is -0.233. The quantitative estimate of drug-likeness (QED) is 0.183. The summed E-state index contributed by atoms with van der Waals surface area (Å²) < 4.78 is 14.8. The number of amides is 2. The zero-order valence-electron chi connectivity index (χ0n) is 24.3. The van der Waals surface area contributed by atoms with Crippen molar-refractivity contribution >= 4 is 40.7 Å². The maximum Gasteiger partial charge on any atom is 0.319 e. The summed E-state index contributed by atoms with van der Waals surface area (Å²) in [6.07, 6.45) is 0.502. The summed E-state index contributed by atoms with van der Waals surface area (Å²) >= 11 is 12.5. The van der Waals surface area contributed by atoms with Crippen LogP contribution in [0.15, 0.2) is 85.2 Å². The molecule has 1 aliphatic heterocycles. The van der Waals surface area contributed by atoms with Crippen molar-refractivity contribution in [1.82, 2.24) is 14.9 Å². The number of aliphatic hydroxyl groups is 1. The molecule has 11 heteroatoms. The van der Waals surface area contributed by atoms with Crippen molar-refractivity contribution in [2.45, 2.75) is 58.0 Å². The van der Waals surface area contributed by atoms with Crippen LogP contribution in [0.4, 0.5) is 10.5 Å². The standard InChI is InChI=1S/C33H34Cl2N4O5/c1-20-28(17-39-19-36-30(34)31(39)35)43-32(44-29(20)24-13-11-23(18-40)12-14-24)25-9-6-10-26(16-25)37-33(42)38-27(21(2)41)15-22-7-4-3-5-8-22/h3-14,16,19-20,27-29,32,40H,15,17-18H2,1-2H3,(H2,37,38,42)/t20-,27+,28+,29+,32?/m0/s1. The first-order valence-corrected chi connectivity index (χ1v) is 15.1. The third-order valence-corrected chi connectivity index (χ3v) is 8.50. The fourth-order valence-corrected chi connectivity index (χ4v) is 5.54. The topological polar surface area (TPSA) is 115 Å². The van der Waals surface area contributed by atoms with Crippen LogP contribution in [0.2, 0.25) is 10.3 Å². The van der Waals surface area contributed by atoms with Gasteiger partial charge in [0, 0.05) is 17.2 Å². The lowest BCUT2D eigenvalue weighted by molar-refractivity contribution is -0.276. The van der Waals surface area contributed by atoms with Gasteiger partial charge in [-0.15, -0.1) is 0 Å². The predicted molar refractivity (Wildman–Crippen MR) is 168 cm³/mol. The number of nitrogens with zero attached hydrogens (tertiary/aromatic N) is 2. The molecule has 3 N–H and O–H groups in total. The number of ketones is 1. The highest BCUT2D eigenvalue weighted by Crippen LogP contribution is 2.42. The number of benzene rings is 3. The lowest BCUT2D eigenvalue weighted by atomic mass is 9.90. The maximum absolute atomic E-state index is 12.9. The van der Waals surface area contributed by atoms with E-state index in [1.807, 2.05) is 67.6 Å². The first-order valence-electron chi connectivity index (χ1n) is 14.3. The van der Waals surface area contributed by atoms with Gasteiger partial charge in [0.2, 0.25) is 0 Å². The zero-order chi connectivity index (χ0) is 31.2. The lowest BCUT2D eigenvalue weighted by Crippen LogP contribution is -2.43. The molecule has 0 aliphatic carbocycles. The van der Waals surface area contributed by atoms with Gasteiger partial charge < -0.3 is 29.8 Å². The molecule has 1 aromatic heterocycles. The van der Waals surface area contributed by atoms with Gasteiger partial charge in [0.25, 0.3) is 0 Å². The average Bonchev–Trinajstić information content (AvgIpc) is 3.34. The number of Topliss-reactive ketones (excluding diaryl/α,β-unsaturated/α-hetero) is 1. The van der Waals surface area contributed by atoms with E-state index < -0.39 is 18.4 Å². The van der Waals surface area contributed by atoms with E-state index in [1.165, 1.54) is 6.92 Å². The Kier molecular flexibility index (Phi) is 10.3. The average molecular weight is 638 g/mol. The Bertz CT molecular complexity index is 1580. The van der Waals surface area contributed by atoms with Gasteiger partial charge in [-0.05, 0) is 42.2 Å². The van der Waals surface area contributed by atoms with Crippen molar-refractivity contribution in [3.8, 4) is 0 Å². The number of imidazole rings is 1. The Labute approximate surface area is 266 Å². The Morgan fingerprint density at radius 3 is 2.39 bits per heavy atom. The molecule has 1 unspecified atom stereocenters. The second-order valence-corrected chi connectivity index (χ2v) is 11.6. The summed E-state index contributed by atoms with van der Waals surface area (Å²) in [5.41, 5.74) is 3.89. The van der Waals surface area contributed by atoms with E-state index in [1.54, 1.807) is 29.1 Å². The monoisotopic (exact) mass is 636 g/mol. The van der Waals surface area contributed by atoms with Crippen molar-refractivity contribution in [2.75, 3.05) is 5.32 Å². The fraction of sp³-hybridized carbons (Fsp3) is 0.303. The summed E-state index contributed by atoms with van der Waals surface area (Å²) in [5, 5.41) is 15.7. The number of aliphatic hydroxyl groups excluding tert-OH is 1. The molecule has 0 saturated carbocycles. The smallest absolute Gasteiger partial charge is 0.319 e. The van der Waals surface area contributed by atoms with Crippen LogP contribution >= 0.6 is 23.2 Å². The molecule has 1 aliphatic rings. The van der Waals surface area contributed by atoms with Crippen molar-refractivity contribution in [1.29, 1.82) is 0 Å². The molecule has 1 fully saturated rings. The third kappa shape index (κ3) is 7.67. The van der Waals surface area contributed by atoms with Gasteiger partial charge in [-0.1, -0.05) is 96.9 Å². The molecule has 4 aromatic rings. The van der Waals surface area contributed by atoms with E-state index in [2.05, 4.69) is 15.6 Å². The summed E-state index contributed by atoms with van der Waals surface area (Å²) in [4.78, 5) is 29.3. The Balaban J connectivity index is 1.34. The molecule has 1 saturated heterocycles. The number of urea groups is 1. The number of nitrogens with one attached hydrogen (secondary N) is 2. The van der Waals surface area contributed by atoms with E-state index in [0.717, 1.165) is 16.7 Å². The molecule has 2 amide bonds. The van der Waals surface area contributed by atoms with E-state index in [0.29, 0.717) is 29.4 Å². The zero-order valence-corrected chi connectivity index (χ0v) is 25.8. The largest absolute Gasteiger partial charge is 0.392 e. The van der Waals surface area contributed by atoms with Crippen molar-refractivity contribution in [3.05, 3.63) is 118 Å². The van der Waals surface area contributed by atoms with Crippen molar-refractivity contribution < 1.29 is 24.2 Å². The van der Waals surface area contributed by atoms with Crippen LogP contribution in [0, 0.1) is 5.92 Å². The Morgan fingerprint density at radius 2 is 1.73 bits per heavy atom. The van der Waals surface area contributed by atoms with E-state index >= 15 is 0 Å². The second-order valence-electron chi connectivity index (χ2n) is 10.9. The summed E-state index contributed by atoms with van der Waals surface area (Å²) in [7, 11) is 0. The van der Waals surface area contributed by atoms with Crippen molar-refractivity contribution in [2.24, 2.45) is 5.92 Å². The minimum Gasteiger partial charge on any atom is -0.392 e. The molecule has 5 atom stereocenters. The first kappa shape index (κ1) is 31.7. The fourth-order valence-electron chi connectivity index (χ4n) is 5.23. The molecule has 0 radical (unpaired) electrons. The number of ether oxygens (including phenoxy) is 2. The molecular formula is C33H34Cl2N4O5. The van der Waals surface area contributed by atoms with Crippen molar-refractivity contribution in [3.63, 3.8) is 0 Å². The van der Waals surface area contributed by atoms with Gasteiger partial charge in [-0.2, -0.15) is 0 Å². The number of hydrogen-bond donors (Lipinski definition) is 3. The molecule has 0 bridgehead atoms. The van der Waals surface area contributed by atoms with Crippen LogP contribution < -0.4 is 10.6 Å². The van der Waals surface area contributed by atoms with E-state index in [-0.39, 0.29) is 35.7 Å². The highest BCUT2D eigenvalue weighted by Gasteiger charge is 2.39. The molecule has 230 valence electrons. The normalized spacial score (nSPS) is 20.6. The minimum absolute atomic E-state index is 0.0532. The number of carbonyl (C=O) groups excluding carboxylic acids is 2. The molecular weight excluding hydrogens is 603 g/mol. The number of anilines is 1. The van der Waals surface area contributed by atoms with Gasteiger partial charge in [-0.25, -0.2) is 9.78 Å². The number of rotatable bonds is 10.